The van der Waals surface area contributed by atoms with Gasteiger partial charge in [0.15, 0.2) is 5.84 Å². The summed E-state index contributed by atoms with van der Waals surface area (Å²) in [4.78, 5) is 10.6. The van der Waals surface area contributed by atoms with Crippen molar-refractivity contribution in [1.29, 1.82) is 0 Å². The van der Waals surface area contributed by atoms with E-state index < -0.39 is 0 Å². The van der Waals surface area contributed by atoms with Gasteiger partial charge in [-0.25, -0.2) is 9.98 Å². The van der Waals surface area contributed by atoms with Crippen LogP contribution in [0.5, 0.6) is 0 Å². The molecule has 0 fully saturated rings. The SMILES string of the molecule is c1ccc(C2N=C(c3ccc4c(ccc5ccccc54)c3)N=C(c3c(-c4ccc5ccccc5c4)ccc4oc5ccccc5c34)N2)cc1. The molecule has 4 heteroatoms. The zero-order chi connectivity index (χ0) is 32.3. The quantitative estimate of drug-likeness (QED) is 0.197. The molecule has 4 nitrogen and oxygen atoms in total. The number of hydrogen-bond donors (Lipinski definition) is 1. The largest absolute Gasteiger partial charge is 0.456 e. The summed E-state index contributed by atoms with van der Waals surface area (Å²) in [7, 11) is 0. The molecule has 0 saturated heterocycles. The summed E-state index contributed by atoms with van der Waals surface area (Å²) >= 11 is 0. The van der Waals surface area contributed by atoms with Crippen molar-refractivity contribution in [3.8, 4) is 11.1 Å². The van der Waals surface area contributed by atoms with Gasteiger partial charge in [0.2, 0.25) is 0 Å². The summed E-state index contributed by atoms with van der Waals surface area (Å²) < 4.78 is 6.44. The Morgan fingerprint density at radius 3 is 2.06 bits per heavy atom. The van der Waals surface area contributed by atoms with Gasteiger partial charge in [0.1, 0.15) is 23.2 Å². The first-order chi connectivity index (χ1) is 24.3. The molecule has 8 aromatic carbocycles. The van der Waals surface area contributed by atoms with Gasteiger partial charge in [-0.15, -0.1) is 0 Å². The third kappa shape index (κ3) is 4.61. The minimum absolute atomic E-state index is 0.339. The summed E-state index contributed by atoms with van der Waals surface area (Å²) in [5.74, 6) is 1.45. The number of nitrogens with zero attached hydrogens (tertiary/aromatic N) is 2. The predicted molar refractivity (Wildman–Crippen MR) is 204 cm³/mol. The van der Waals surface area contributed by atoms with Crippen LogP contribution in [0.4, 0.5) is 0 Å². The van der Waals surface area contributed by atoms with E-state index in [9.17, 15) is 0 Å². The van der Waals surface area contributed by atoms with Gasteiger partial charge in [0.25, 0.3) is 0 Å². The highest BCUT2D eigenvalue weighted by Gasteiger charge is 2.26. The van der Waals surface area contributed by atoms with Crippen LogP contribution in [0, 0.1) is 0 Å². The van der Waals surface area contributed by atoms with Gasteiger partial charge in [-0.05, 0) is 79.3 Å². The summed E-state index contributed by atoms with van der Waals surface area (Å²) in [6, 6.07) is 57.5. The number of benzene rings is 8. The van der Waals surface area contributed by atoms with Crippen LogP contribution in [0.3, 0.4) is 0 Å². The molecule has 0 saturated carbocycles. The van der Waals surface area contributed by atoms with E-state index in [-0.39, 0.29) is 6.17 Å². The Bertz CT molecular complexity index is 2810. The van der Waals surface area contributed by atoms with Crippen molar-refractivity contribution in [3.63, 3.8) is 0 Å². The fourth-order valence-corrected chi connectivity index (χ4v) is 7.32. The Morgan fingerprint density at radius 1 is 0.490 bits per heavy atom. The lowest BCUT2D eigenvalue weighted by Crippen LogP contribution is -2.34. The minimum Gasteiger partial charge on any atom is -0.456 e. The highest BCUT2D eigenvalue weighted by Crippen LogP contribution is 2.39. The first-order valence-electron chi connectivity index (χ1n) is 16.6. The van der Waals surface area contributed by atoms with Gasteiger partial charge in [0, 0.05) is 21.9 Å². The third-order valence-electron chi connectivity index (χ3n) is 9.70. The van der Waals surface area contributed by atoms with Crippen molar-refractivity contribution < 1.29 is 4.42 Å². The van der Waals surface area contributed by atoms with Gasteiger partial charge in [-0.3, -0.25) is 0 Å². The molecule has 0 radical (unpaired) electrons. The summed E-state index contributed by atoms with van der Waals surface area (Å²) in [6.45, 7) is 0. The number of amidine groups is 2. The molecule has 9 aromatic rings. The van der Waals surface area contributed by atoms with Gasteiger partial charge in [0.05, 0.1) is 0 Å². The standard InChI is InChI=1S/C45H29N3O/c1-2-12-30(13-3-1)43-46-44(34-22-23-36-32(27-34)21-19-29-11-6-7-15-35(29)36)48-45(47-43)42-37(33-20-18-28-10-4-5-14-31(28)26-33)24-25-40-41(42)38-16-8-9-17-39(38)49-40/h1-27,43H,(H,46,47,48). The first-order valence-corrected chi connectivity index (χ1v) is 16.6. The highest BCUT2D eigenvalue weighted by atomic mass is 16.3. The molecule has 0 bridgehead atoms. The minimum atomic E-state index is -0.339. The fraction of sp³-hybridized carbons (Fsp3) is 0.0222. The maximum absolute atomic E-state index is 6.44. The average Bonchev–Trinajstić information content (AvgIpc) is 3.56. The normalized spacial score (nSPS) is 14.7. The molecular weight excluding hydrogens is 599 g/mol. The number of rotatable bonds is 4. The Labute approximate surface area is 282 Å². The van der Waals surface area contributed by atoms with Gasteiger partial charge >= 0.3 is 0 Å². The van der Waals surface area contributed by atoms with Crippen molar-refractivity contribution in [2.45, 2.75) is 6.17 Å². The van der Waals surface area contributed by atoms with Gasteiger partial charge < -0.3 is 9.73 Å². The third-order valence-corrected chi connectivity index (χ3v) is 9.70. The zero-order valence-corrected chi connectivity index (χ0v) is 26.5. The fourth-order valence-electron chi connectivity index (χ4n) is 7.32. The molecule has 10 rings (SSSR count). The summed E-state index contributed by atoms with van der Waals surface area (Å²) in [5, 5.41) is 13.1. The zero-order valence-electron chi connectivity index (χ0n) is 26.5. The van der Waals surface area contributed by atoms with E-state index in [0.717, 1.165) is 61.0 Å². The van der Waals surface area contributed by atoms with Crippen molar-refractivity contribution in [1.82, 2.24) is 5.32 Å². The topological polar surface area (TPSA) is 49.9 Å². The van der Waals surface area contributed by atoms with E-state index in [2.05, 4.69) is 151 Å². The Kier molecular flexibility index (Phi) is 6.21. The van der Waals surface area contributed by atoms with Crippen LogP contribution in [0.2, 0.25) is 0 Å². The number of fused-ring (bicyclic) bond motifs is 7. The maximum atomic E-state index is 6.44. The van der Waals surface area contributed by atoms with E-state index in [0.29, 0.717) is 5.84 Å². The van der Waals surface area contributed by atoms with Crippen molar-refractivity contribution in [2.24, 2.45) is 9.98 Å². The molecule has 1 aromatic heterocycles. The summed E-state index contributed by atoms with van der Waals surface area (Å²) in [6.07, 6.45) is -0.339. The molecule has 1 aliphatic rings. The van der Waals surface area contributed by atoms with Crippen LogP contribution in [-0.2, 0) is 0 Å². The molecule has 1 aliphatic heterocycles. The Morgan fingerprint density at radius 2 is 1.16 bits per heavy atom. The number of hydrogen-bond acceptors (Lipinski definition) is 4. The molecule has 1 atom stereocenters. The van der Waals surface area contributed by atoms with Gasteiger partial charge in [-0.1, -0.05) is 133 Å². The van der Waals surface area contributed by atoms with E-state index in [1.54, 1.807) is 0 Å². The molecule has 49 heavy (non-hydrogen) atoms. The van der Waals surface area contributed by atoms with Crippen LogP contribution in [0.1, 0.15) is 22.9 Å². The van der Waals surface area contributed by atoms with Crippen LogP contribution in [-0.4, -0.2) is 11.7 Å². The maximum Gasteiger partial charge on any atom is 0.159 e. The highest BCUT2D eigenvalue weighted by molar-refractivity contribution is 6.25. The summed E-state index contributed by atoms with van der Waals surface area (Å²) in [5.41, 5.74) is 6.90. The Hall–Kier alpha value is -6.52. The monoisotopic (exact) mass is 627 g/mol. The lowest BCUT2D eigenvalue weighted by Gasteiger charge is -2.25. The molecule has 2 heterocycles. The van der Waals surface area contributed by atoms with E-state index in [1.807, 2.05) is 18.2 Å². The molecule has 0 aliphatic carbocycles. The molecule has 230 valence electrons. The van der Waals surface area contributed by atoms with Crippen LogP contribution in [0.25, 0.3) is 65.4 Å². The number of furan rings is 1. The van der Waals surface area contributed by atoms with Crippen LogP contribution >= 0.6 is 0 Å². The van der Waals surface area contributed by atoms with Crippen molar-refractivity contribution >= 4 is 65.9 Å². The Balaban J connectivity index is 1.23. The lowest BCUT2D eigenvalue weighted by atomic mass is 9.92. The molecule has 1 N–H and O–H groups in total. The molecular formula is C45H29N3O. The smallest absolute Gasteiger partial charge is 0.159 e. The lowest BCUT2D eigenvalue weighted by molar-refractivity contribution is 0.668. The van der Waals surface area contributed by atoms with E-state index >= 15 is 0 Å². The van der Waals surface area contributed by atoms with E-state index in [1.165, 1.54) is 26.9 Å². The number of aliphatic imine (C=N–C) groups is 2. The molecule has 0 amide bonds. The second-order valence-corrected chi connectivity index (χ2v) is 12.6. The molecule has 0 spiro atoms. The van der Waals surface area contributed by atoms with E-state index in [4.69, 9.17) is 14.4 Å². The van der Waals surface area contributed by atoms with Gasteiger partial charge in [-0.2, -0.15) is 0 Å². The first kappa shape index (κ1) is 27.6. The predicted octanol–water partition coefficient (Wildman–Crippen LogP) is 11.2. The second-order valence-electron chi connectivity index (χ2n) is 12.6. The number of para-hydroxylation sites is 1. The van der Waals surface area contributed by atoms with Crippen molar-refractivity contribution in [3.05, 3.63) is 180 Å². The molecule has 1 unspecified atom stereocenters. The second kappa shape index (κ2) is 11.0. The van der Waals surface area contributed by atoms with Crippen molar-refractivity contribution in [2.75, 3.05) is 0 Å². The average molecular weight is 628 g/mol. The van der Waals surface area contributed by atoms with Crippen LogP contribution < -0.4 is 5.32 Å². The van der Waals surface area contributed by atoms with Crippen LogP contribution in [0.15, 0.2) is 178 Å². The number of nitrogens with one attached hydrogen (secondary N) is 1.